The Bertz CT molecular complexity index is 191. The molecule has 5 atom stereocenters. The zero-order chi connectivity index (χ0) is 11.4. The maximum absolute atomic E-state index is 9.93. The fourth-order valence-electron chi connectivity index (χ4n) is 1.73. The first-order valence-corrected chi connectivity index (χ1v) is 5.79. The van der Waals surface area contributed by atoms with Gasteiger partial charge in [-0.2, -0.15) is 0 Å². The summed E-state index contributed by atoms with van der Waals surface area (Å²) in [7, 11) is 4.60. The quantitative estimate of drug-likeness (QED) is 0.745. The summed E-state index contributed by atoms with van der Waals surface area (Å²) in [6.45, 7) is 0. The summed E-state index contributed by atoms with van der Waals surface area (Å²) >= 11 is 3.27. The minimum atomic E-state index is -0.731. The van der Waals surface area contributed by atoms with E-state index in [0.29, 0.717) is 5.33 Å². The van der Waals surface area contributed by atoms with Crippen LogP contribution in [0.2, 0.25) is 0 Å². The van der Waals surface area contributed by atoms with Crippen LogP contribution in [-0.4, -0.2) is 62.5 Å². The van der Waals surface area contributed by atoms with E-state index >= 15 is 0 Å². The normalized spacial score (nSPS) is 41.8. The van der Waals surface area contributed by atoms with Crippen LogP contribution in [0.3, 0.4) is 0 Å². The molecule has 0 aromatic heterocycles. The number of alkyl halides is 1. The van der Waals surface area contributed by atoms with Crippen LogP contribution < -0.4 is 0 Å². The van der Waals surface area contributed by atoms with Crippen molar-refractivity contribution in [3.8, 4) is 0 Å². The highest BCUT2D eigenvalue weighted by Crippen LogP contribution is 2.26. The van der Waals surface area contributed by atoms with Gasteiger partial charge in [-0.05, 0) is 0 Å². The second kappa shape index (κ2) is 6.12. The Morgan fingerprint density at radius 3 is 2.13 bits per heavy atom. The number of hydrogen-bond acceptors (Lipinski definition) is 5. The molecule has 1 heterocycles. The van der Waals surface area contributed by atoms with E-state index in [1.54, 1.807) is 0 Å². The van der Waals surface area contributed by atoms with E-state index in [9.17, 15) is 5.11 Å². The molecule has 6 heteroatoms. The largest absolute Gasteiger partial charge is 0.388 e. The van der Waals surface area contributed by atoms with E-state index in [0.717, 1.165) is 0 Å². The number of hydrogen-bond donors (Lipinski definition) is 1. The third-order valence-corrected chi connectivity index (χ3v) is 3.19. The molecule has 0 aliphatic carbocycles. The standard InChI is InChI=1S/C9H17BrO5/c1-12-7-6(11)5(4-10)15-9(14-3)8(7)13-2/h5-9,11H,4H2,1-3H3/t5?,6-,7+,8?,9+/m1/s1. The lowest BCUT2D eigenvalue weighted by molar-refractivity contribution is -0.294. The molecule has 1 N–H and O–H groups in total. The molecule has 0 aromatic rings. The molecule has 15 heavy (non-hydrogen) atoms. The highest BCUT2D eigenvalue weighted by atomic mass is 79.9. The monoisotopic (exact) mass is 284 g/mol. The van der Waals surface area contributed by atoms with Crippen molar-refractivity contribution < 1.29 is 24.1 Å². The van der Waals surface area contributed by atoms with Crippen molar-refractivity contribution in [3.05, 3.63) is 0 Å². The van der Waals surface area contributed by atoms with Crippen LogP contribution in [0.25, 0.3) is 0 Å². The maximum atomic E-state index is 9.93. The van der Waals surface area contributed by atoms with Crippen molar-refractivity contribution in [1.29, 1.82) is 0 Å². The molecule has 5 nitrogen and oxygen atoms in total. The summed E-state index contributed by atoms with van der Waals surface area (Å²) in [5.74, 6) is 0. The highest BCUT2D eigenvalue weighted by molar-refractivity contribution is 9.09. The summed E-state index contributed by atoms with van der Waals surface area (Å²) in [5, 5.41) is 10.4. The summed E-state index contributed by atoms with van der Waals surface area (Å²) < 4.78 is 21.1. The molecule has 0 radical (unpaired) electrons. The number of ether oxygens (including phenoxy) is 4. The predicted octanol–water partition coefficient (Wildman–Crippen LogP) is 0.143. The van der Waals surface area contributed by atoms with Gasteiger partial charge in [0.1, 0.15) is 18.3 Å². The number of methoxy groups -OCH3 is 3. The van der Waals surface area contributed by atoms with Crippen LogP contribution in [0.1, 0.15) is 0 Å². The highest BCUT2D eigenvalue weighted by Gasteiger charge is 2.45. The topological polar surface area (TPSA) is 57.2 Å². The molecule has 0 bridgehead atoms. The summed E-state index contributed by atoms with van der Waals surface area (Å²) in [6, 6.07) is 0. The maximum Gasteiger partial charge on any atom is 0.186 e. The van der Waals surface area contributed by atoms with Gasteiger partial charge in [-0.1, -0.05) is 15.9 Å². The molecular weight excluding hydrogens is 268 g/mol. The van der Waals surface area contributed by atoms with Crippen molar-refractivity contribution in [2.75, 3.05) is 26.7 Å². The van der Waals surface area contributed by atoms with Crippen LogP contribution in [0.15, 0.2) is 0 Å². The zero-order valence-corrected chi connectivity index (χ0v) is 10.6. The Hall–Kier alpha value is 0.280. The van der Waals surface area contributed by atoms with Gasteiger partial charge in [-0.3, -0.25) is 0 Å². The fraction of sp³-hybridized carbons (Fsp3) is 1.00. The molecule has 90 valence electrons. The molecule has 1 fully saturated rings. The van der Waals surface area contributed by atoms with E-state index in [-0.39, 0.29) is 6.10 Å². The van der Waals surface area contributed by atoms with Gasteiger partial charge in [0, 0.05) is 26.7 Å². The van der Waals surface area contributed by atoms with Gasteiger partial charge in [0.2, 0.25) is 0 Å². The van der Waals surface area contributed by atoms with E-state index < -0.39 is 24.6 Å². The number of aliphatic hydroxyl groups excluding tert-OH is 1. The van der Waals surface area contributed by atoms with E-state index in [2.05, 4.69) is 15.9 Å². The van der Waals surface area contributed by atoms with Crippen molar-refractivity contribution in [2.24, 2.45) is 0 Å². The van der Waals surface area contributed by atoms with Gasteiger partial charge < -0.3 is 24.1 Å². The van der Waals surface area contributed by atoms with Crippen molar-refractivity contribution >= 4 is 15.9 Å². The lowest BCUT2D eigenvalue weighted by Crippen LogP contribution is -2.59. The lowest BCUT2D eigenvalue weighted by Gasteiger charge is -2.42. The third-order valence-electron chi connectivity index (χ3n) is 2.55. The van der Waals surface area contributed by atoms with Gasteiger partial charge in [0.15, 0.2) is 6.29 Å². The lowest BCUT2D eigenvalue weighted by atomic mass is 9.99. The molecule has 1 aliphatic rings. The molecular formula is C9H17BrO5. The molecule has 1 saturated heterocycles. The van der Waals surface area contributed by atoms with Crippen LogP contribution in [-0.2, 0) is 18.9 Å². The van der Waals surface area contributed by atoms with Gasteiger partial charge in [0.05, 0.1) is 6.10 Å². The fourth-order valence-corrected chi connectivity index (χ4v) is 2.26. The smallest absolute Gasteiger partial charge is 0.186 e. The number of rotatable bonds is 4. The Kier molecular flexibility index (Phi) is 5.45. The van der Waals surface area contributed by atoms with E-state index in [1.807, 2.05) is 0 Å². The Morgan fingerprint density at radius 1 is 1.13 bits per heavy atom. The van der Waals surface area contributed by atoms with Crippen molar-refractivity contribution in [2.45, 2.75) is 30.7 Å². The van der Waals surface area contributed by atoms with Crippen LogP contribution in [0.5, 0.6) is 0 Å². The molecule has 0 spiro atoms. The minimum Gasteiger partial charge on any atom is -0.388 e. The molecule has 1 rings (SSSR count). The van der Waals surface area contributed by atoms with Gasteiger partial charge in [-0.15, -0.1) is 0 Å². The summed E-state index contributed by atoms with van der Waals surface area (Å²) in [5.41, 5.74) is 0. The van der Waals surface area contributed by atoms with Crippen molar-refractivity contribution in [3.63, 3.8) is 0 Å². The molecule has 0 aromatic carbocycles. The Labute approximate surface area is 97.8 Å². The molecule has 1 aliphatic heterocycles. The predicted molar refractivity (Wildman–Crippen MR) is 57.1 cm³/mol. The molecule has 0 saturated carbocycles. The second-order valence-electron chi connectivity index (χ2n) is 3.32. The van der Waals surface area contributed by atoms with E-state index in [4.69, 9.17) is 18.9 Å². The summed E-state index contributed by atoms with van der Waals surface area (Å²) in [6.07, 6.45) is -2.48. The minimum absolute atomic E-state index is 0.355. The molecule has 2 unspecified atom stereocenters. The summed E-state index contributed by atoms with van der Waals surface area (Å²) in [4.78, 5) is 0. The third kappa shape index (κ3) is 2.69. The first-order valence-electron chi connectivity index (χ1n) is 4.67. The first kappa shape index (κ1) is 13.3. The van der Waals surface area contributed by atoms with E-state index in [1.165, 1.54) is 21.3 Å². The first-order chi connectivity index (χ1) is 7.19. The average molecular weight is 285 g/mol. The number of aliphatic hydroxyl groups is 1. The number of halogens is 1. The Morgan fingerprint density at radius 2 is 1.73 bits per heavy atom. The SMILES string of the molecule is COC1[C@@H](OC)OC(CBr)[C@@H](O)[C@@H]1OC. The van der Waals surface area contributed by atoms with Crippen molar-refractivity contribution in [1.82, 2.24) is 0 Å². The van der Waals surface area contributed by atoms with Crippen LogP contribution in [0, 0.1) is 0 Å². The molecule has 0 amide bonds. The second-order valence-corrected chi connectivity index (χ2v) is 3.97. The Balaban J connectivity index is 2.78. The zero-order valence-electron chi connectivity index (χ0n) is 9.05. The van der Waals surface area contributed by atoms with Gasteiger partial charge in [-0.25, -0.2) is 0 Å². The van der Waals surface area contributed by atoms with Gasteiger partial charge in [0.25, 0.3) is 0 Å². The average Bonchev–Trinajstić information content (AvgIpc) is 2.28. The van der Waals surface area contributed by atoms with Gasteiger partial charge >= 0.3 is 0 Å². The van der Waals surface area contributed by atoms with Crippen LogP contribution >= 0.6 is 15.9 Å². The van der Waals surface area contributed by atoms with Crippen LogP contribution in [0.4, 0.5) is 0 Å².